The summed E-state index contributed by atoms with van der Waals surface area (Å²) in [6.07, 6.45) is 2.21. The lowest BCUT2D eigenvalue weighted by Gasteiger charge is -2.32. The number of hydrogen-bond acceptors (Lipinski definition) is 7. The van der Waals surface area contributed by atoms with Gasteiger partial charge in [-0.25, -0.2) is 0 Å². The second-order valence-electron chi connectivity index (χ2n) is 6.23. The largest absolute Gasteiger partial charge is 0.479 e. The smallest absolute Gasteiger partial charge is 0.263 e. The van der Waals surface area contributed by atoms with Gasteiger partial charge in [-0.1, -0.05) is 13.8 Å². The third kappa shape index (κ3) is 4.14. The van der Waals surface area contributed by atoms with Crippen LogP contribution in [0.4, 0.5) is 0 Å². The first-order chi connectivity index (χ1) is 12.0. The second kappa shape index (κ2) is 7.60. The van der Waals surface area contributed by atoms with E-state index in [0.29, 0.717) is 37.2 Å². The molecule has 8 nitrogen and oxygen atoms in total. The van der Waals surface area contributed by atoms with Gasteiger partial charge in [0, 0.05) is 18.7 Å². The topological polar surface area (TPSA) is 90.6 Å². The van der Waals surface area contributed by atoms with Crippen molar-refractivity contribution in [3.63, 3.8) is 0 Å². The van der Waals surface area contributed by atoms with E-state index in [0.717, 1.165) is 0 Å². The molecule has 2 aromatic heterocycles. The summed E-state index contributed by atoms with van der Waals surface area (Å²) in [5.41, 5.74) is 0. The number of hydrogen-bond donors (Lipinski definition) is 0. The zero-order valence-electron chi connectivity index (χ0n) is 14.6. The highest BCUT2D eigenvalue weighted by Crippen LogP contribution is 2.24. The van der Waals surface area contributed by atoms with Crippen LogP contribution in [0.2, 0.25) is 0 Å². The first-order valence-electron chi connectivity index (χ1n) is 8.35. The van der Waals surface area contributed by atoms with E-state index in [-0.39, 0.29) is 11.8 Å². The minimum Gasteiger partial charge on any atom is -0.479 e. The number of morpholine rings is 1. The zero-order valence-corrected chi connectivity index (χ0v) is 14.6. The van der Waals surface area contributed by atoms with Crippen molar-refractivity contribution in [1.82, 2.24) is 20.1 Å². The molecule has 2 aromatic rings. The molecule has 3 heterocycles. The van der Waals surface area contributed by atoms with E-state index in [1.807, 2.05) is 13.8 Å². The molecule has 1 amide bonds. The van der Waals surface area contributed by atoms with Gasteiger partial charge in [0.2, 0.25) is 11.8 Å². The summed E-state index contributed by atoms with van der Waals surface area (Å²) in [4.78, 5) is 18.3. The second-order valence-corrected chi connectivity index (χ2v) is 6.23. The van der Waals surface area contributed by atoms with Gasteiger partial charge in [-0.15, -0.1) is 10.2 Å². The van der Waals surface area contributed by atoms with Gasteiger partial charge in [0.15, 0.2) is 12.2 Å². The van der Waals surface area contributed by atoms with Gasteiger partial charge >= 0.3 is 0 Å². The Morgan fingerprint density at radius 1 is 1.36 bits per heavy atom. The first kappa shape index (κ1) is 17.3. The summed E-state index contributed by atoms with van der Waals surface area (Å²) in [6.45, 7) is 6.96. The molecule has 2 atom stereocenters. The van der Waals surface area contributed by atoms with Crippen LogP contribution >= 0.6 is 0 Å². The highest BCUT2D eigenvalue weighted by atomic mass is 16.5. The fraction of sp³-hybridized carbons (Fsp3) is 0.529. The quantitative estimate of drug-likeness (QED) is 0.817. The van der Waals surface area contributed by atoms with Crippen LogP contribution in [0.1, 0.15) is 44.6 Å². The predicted molar refractivity (Wildman–Crippen MR) is 88.0 cm³/mol. The van der Waals surface area contributed by atoms with Crippen molar-refractivity contribution in [3.05, 3.63) is 36.3 Å². The van der Waals surface area contributed by atoms with Crippen LogP contribution < -0.4 is 4.74 Å². The summed E-state index contributed by atoms with van der Waals surface area (Å²) >= 11 is 0. The van der Waals surface area contributed by atoms with Crippen molar-refractivity contribution in [1.29, 1.82) is 0 Å². The average Bonchev–Trinajstić information content (AvgIpc) is 3.12. The predicted octanol–water partition coefficient (Wildman–Crippen LogP) is 1.96. The monoisotopic (exact) mass is 346 g/mol. The number of carbonyl (C=O) groups is 1. The summed E-state index contributed by atoms with van der Waals surface area (Å²) < 4.78 is 17.0. The molecule has 3 rings (SSSR count). The minimum absolute atomic E-state index is 0.110. The molecule has 1 saturated heterocycles. The van der Waals surface area contributed by atoms with Crippen LogP contribution in [0.3, 0.4) is 0 Å². The van der Waals surface area contributed by atoms with Gasteiger partial charge in [-0.2, -0.15) is 0 Å². The zero-order chi connectivity index (χ0) is 17.8. The number of pyridine rings is 1. The molecule has 25 heavy (non-hydrogen) atoms. The molecular formula is C17H22N4O4. The van der Waals surface area contributed by atoms with Crippen LogP contribution in [-0.2, 0) is 9.53 Å². The average molecular weight is 346 g/mol. The van der Waals surface area contributed by atoms with Crippen molar-refractivity contribution in [2.24, 2.45) is 0 Å². The van der Waals surface area contributed by atoms with Crippen LogP contribution in [0.5, 0.6) is 5.75 Å². The van der Waals surface area contributed by atoms with Crippen molar-refractivity contribution < 1.29 is 18.7 Å². The summed E-state index contributed by atoms with van der Waals surface area (Å²) in [7, 11) is 0. The Labute approximate surface area is 146 Å². The molecule has 0 aromatic carbocycles. The highest BCUT2D eigenvalue weighted by Gasteiger charge is 2.32. The standard InChI is InChI=1S/C17H22N4O4/c1-11(2)15-19-20-16(25-15)14-10-21(7-8-23-14)17(22)12(3)24-13-5-4-6-18-9-13/h4-6,9,11-12,14H,7-8,10H2,1-3H3/t12-,14+/m0/s1. The SMILES string of the molecule is CC(C)c1nnc([C@H]2CN(C(=O)[C@H](C)Oc3cccnc3)CCO2)o1. The molecule has 0 unspecified atom stereocenters. The number of amides is 1. The van der Waals surface area contributed by atoms with Crippen molar-refractivity contribution >= 4 is 5.91 Å². The summed E-state index contributed by atoms with van der Waals surface area (Å²) in [5.74, 6) is 1.57. The highest BCUT2D eigenvalue weighted by molar-refractivity contribution is 5.81. The summed E-state index contributed by atoms with van der Waals surface area (Å²) in [6, 6.07) is 3.53. The van der Waals surface area contributed by atoms with E-state index >= 15 is 0 Å². The summed E-state index contributed by atoms with van der Waals surface area (Å²) in [5, 5.41) is 8.07. The number of aromatic nitrogens is 3. The normalized spacial score (nSPS) is 19.0. The lowest BCUT2D eigenvalue weighted by Crippen LogP contribution is -2.47. The molecule has 1 fully saturated rings. The third-order valence-electron chi connectivity index (χ3n) is 3.90. The number of nitrogens with zero attached hydrogens (tertiary/aromatic N) is 4. The van der Waals surface area contributed by atoms with E-state index in [9.17, 15) is 4.79 Å². The van der Waals surface area contributed by atoms with Crippen LogP contribution in [0.25, 0.3) is 0 Å². The number of ether oxygens (including phenoxy) is 2. The molecule has 1 aliphatic heterocycles. The fourth-order valence-electron chi connectivity index (χ4n) is 2.54. The molecule has 0 bridgehead atoms. The van der Waals surface area contributed by atoms with E-state index in [4.69, 9.17) is 13.9 Å². The number of rotatable bonds is 5. The Hall–Kier alpha value is -2.48. The van der Waals surface area contributed by atoms with Gasteiger partial charge in [0.25, 0.3) is 5.91 Å². The van der Waals surface area contributed by atoms with Crippen molar-refractivity contribution in [2.75, 3.05) is 19.7 Å². The third-order valence-corrected chi connectivity index (χ3v) is 3.90. The van der Waals surface area contributed by atoms with Crippen LogP contribution in [0.15, 0.2) is 28.9 Å². The van der Waals surface area contributed by atoms with Crippen LogP contribution in [-0.4, -0.2) is 51.8 Å². The lowest BCUT2D eigenvalue weighted by atomic mass is 10.2. The molecule has 1 aliphatic rings. The molecule has 0 spiro atoms. The molecule has 0 aliphatic carbocycles. The molecule has 8 heteroatoms. The van der Waals surface area contributed by atoms with E-state index in [1.165, 1.54) is 0 Å². The van der Waals surface area contributed by atoms with Gasteiger partial charge < -0.3 is 18.8 Å². The van der Waals surface area contributed by atoms with Gasteiger partial charge in [0.05, 0.1) is 19.3 Å². The molecular weight excluding hydrogens is 324 g/mol. The van der Waals surface area contributed by atoms with E-state index < -0.39 is 12.2 Å². The van der Waals surface area contributed by atoms with E-state index in [2.05, 4.69) is 15.2 Å². The van der Waals surface area contributed by atoms with Gasteiger partial charge in [-0.05, 0) is 19.1 Å². The van der Waals surface area contributed by atoms with Crippen LogP contribution in [0, 0.1) is 0 Å². The maximum absolute atomic E-state index is 12.7. The molecule has 0 saturated carbocycles. The maximum Gasteiger partial charge on any atom is 0.263 e. The Bertz CT molecular complexity index is 704. The van der Waals surface area contributed by atoms with E-state index in [1.54, 1.807) is 36.4 Å². The van der Waals surface area contributed by atoms with Gasteiger partial charge in [0.1, 0.15) is 5.75 Å². The Kier molecular flexibility index (Phi) is 5.28. The molecule has 134 valence electrons. The van der Waals surface area contributed by atoms with Crippen molar-refractivity contribution in [3.8, 4) is 5.75 Å². The molecule has 0 radical (unpaired) electrons. The Balaban J connectivity index is 1.62. The fourth-order valence-corrected chi connectivity index (χ4v) is 2.54. The Morgan fingerprint density at radius 3 is 2.88 bits per heavy atom. The first-order valence-corrected chi connectivity index (χ1v) is 8.35. The Morgan fingerprint density at radius 2 is 2.20 bits per heavy atom. The number of carbonyl (C=O) groups excluding carboxylic acids is 1. The molecule has 0 N–H and O–H groups in total. The van der Waals surface area contributed by atoms with Crippen molar-refractivity contribution in [2.45, 2.75) is 38.9 Å². The minimum atomic E-state index is -0.614. The lowest BCUT2D eigenvalue weighted by molar-refractivity contribution is -0.146. The van der Waals surface area contributed by atoms with Gasteiger partial charge in [-0.3, -0.25) is 9.78 Å². The maximum atomic E-state index is 12.7.